The highest BCUT2D eigenvalue weighted by Gasteiger charge is 2.23. The Bertz CT molecular complexity index is 245. The molecular formula is C10H16N2O2. The highest BCUT2D eigenvalue weighted by molar-refractivity contribution is 5.32. The first-order chi connectivity index (χ1) is 6.86. The van der Waals surface area contributed by atoms with Gasteiger partial charge in [-0.15, -0.1) is 0 Å². The van der Waals surface area contributed by atoms with E-state index in [0.29, 0.717) is 5.82 Å². The maximum atomic E-state index is 8.00. The molecule has 1 aromatic rings. The minimum Gasteiger partial charge on any atom is -0.400 e. The zero-order valence-electron chi connectivity index (χ0n) is 8.31. The monoisotopic (exact) mass is 196 g/mol. The van der Waals surface area contributed by atoms with Crippen molar-refractivity contribution in [1.29, 1.82) is 0 Å². The molecule has 2 rings (SSSR count). The third kappa shape index (κ3) is 4.00. The van der Waals surface area contributed by atoms with Crippen LogP contribution in [0.1, 0.15) is 24.3 Å². The van der Waals surface area contributed by atoms with Crippen molar-refractivity contribution in [3.05, 3.63) is 23.9 Å². The van der Waals surface area contributed by atoms with Crippen LogP contribution in [0, 0.1) is 0 Å². The molecular weight excluding hydrogens is 180 g/mol. The van der Waals surface area contributed by atoms with Crippen LogP contribution in [0.25, 0.3) is 0 Å². The Kier molecular flexibility index (Phi) is 6.32. The molecule has 4 heteroatoms. The summed E-state index contributed by atoms with van der Waals surface area (Å²) in [6.45, 7) is 2.00. The normalized spacial score (nSPS) is 13.0. The number of nitrogen functional groups attached to an aromatic ring is 1. The number of hydrogen-bond donors (Lipinski definition) is 2. The summed E-state index contributed by atoms with van der Waals surface area (Å²) in [7, 11) is 1.00. The van der Waals surface area contributed by atoms with Gasteiger partial charge >= 0.3 is 0 Å². The van der Waals surface area contributed by atoms with Crippen LogP contribution in [0.5, 0.6) is 0 Å². The zero-order valence-corrected chi connectivity index (χ0v) is 8.31. The first-order valence-electron chi connectivity index (χ1n) is 4.31. The van der Waals surface area contributed by atoms with Gasteiger partial charge in [0.25, 0.3) is 0 Å². The number of aliphatic hydroxyl groups excluding tert-OH is 1. The van der Waals surface area contributed by atoms with Crippen molar-refractivity contribution in [3.8, 4) is 0 Å². The molecule has 1 saturated carbocycles. The average molecular weight is 196 g/mol. The number of nitrogens with two attached hydrogens (primary N) is 1. The van der Waals surface area contributed by atoms with Crippen molar-refractivity contribution in [3.63, 3.8) is 0 Å². The third-order valence-electron chi connectivity index (χ3n) is 1.86. The summed E-state index contributed by atoms with van der Waals surface area (Å²) in [6.07, 6.45) is 4.53. The summed E-state index contributed by atoms with van der Waals surface area (Å²) < 4.78 is 0. The Morgan fingerprint density at radius 2 is 2.00 bits per heavy atom. The SMILES string of the molecule is C=O.CO.Nc1ccc(C2CC2)cn1. The lowest BCUT2D eigenvalue weighted by Gasteiger charge is -1.95. The highest BCUT2D eigenvalue weighted by Crippen LogP contribution is 2.39. The minimum atomic E-state index is 0.615. The Hall–Kier alpha value is -1.42. The molecule has 78 valence electrons. The summed E-state index contributed by atoms with van der Waals surface area (Å²) in [5, 5.41) is 7.00. The van der Waals surface area contributed by atoms with Gasteiger partial charge in [0.05, 0.1) is 0 Å². The molecule has 1 fully saturated rings. The average Bonchev–Trinajstić information content (AvgIpc) is 3.09. The molecule has 0 radical (unpaired) electrons. The van der Waals surface area contributed by atoms with Crippen LogP contribution in [0.15, 0.2) is 18.3 Å². The van der Waals surface area contributed by atoms with Gasteiger partial charge in [0.15, 0.2) is 0 Å². The predicted molar refractivity (Wildman–Crippen MR) is 55.9 cm³/mol. The van der Waals surface area contributed by atoms with Gasteiger partial charge in [-0.05, 0) is 30.4 Å². The van der Waals surface area contributed by atoms with Gasteiger partial charge in [-0.3, -0.25) is 0 Å². The van der Waals surface area contributed by atoms with Crippen LogP contribution < -0.4 is 5.73 Å². The molecule has 0 aliphatic heterocycles. The second-order valence-electron chi connectivity index (χ2n) is 2.79. The van der Waals surface area contributed by atoms with Crippen LogP contribution in [-0.2, 0) is 4.79 Å². The smallest absolute Gasteiger partial charge is 0.123 e. The van der Waals surface area contributed by atoms with E-state index in [-0.39, 0.29) is 0 Å². The Morgan fingerprint density at radius 1 is 1.43 bits per heavy atom. The molecule has 1 aliphatic carbocycles. The van der Waals surface area contributed by atoms with E-state index < -0.39 is 0 Å². The summed E-state index contributed by atoms with van der Waals surface area (Å²) in [6, 6.07) is 3.94. The first kappa shape index (κ1) is 12.6. The number of rotatable bonds is 1. The minimum absolute atomic E-state index is 0.615. The fraction of sp³-hybridized carbons (Fsp3) is 0.400. The van der Waals surface area contributed by atoms with E-state index >= 15 is 0 Å². The molecule has 1 aromatic heterocycles. The molecule has 0 amide bonds. The molecule has 0 unspecified atom stereocenters. The number of carbonyl (C=O) groups excluding carboxylic acids is 1. The highest BCUT2D eigenvalue weighted by atomic mass is 16.2. The number of anilines is 1. The summed E-state index contributed by atoms with van der Waals surface area (Å²) in [5.74, 6) is 1.40. The van der Waals surface area contributed by atoms with Gasteiger partial charge < -0.3 is 15.6 Å². The number of carbonyl (C=O) groups is 1. The van der Waals surface area contributed by atoms with Gasteiger partial charge in [0, 0.05) is 13.3 Å². The third-order valence-corrected chi connectivity index (χ3v) is 1.86. The quantitative estimate of drug-likeness (QED) is 0.701. The van der Waals surface area contributed by atoms with Crippen molar-refractivity contribution in [1.82, 2.24) is 4.98 Å². The second kappa shape index (κ2) is 7.03. The van der Waals surface area contributed by atoms with E-state index in [1.165, 1.54) is 18.4 Å². The van der Waals surface area contributed by atoms with Gasteiger partial charge in [0.1, 0.15) is 12.6 Å². The Morgan fingerprint density at radius 3 is 2.36 bits per heavy atom. The summed E-state index contributed by atoms with van der Waals surface area (Å²) in [4.78, 5) is 12.0. The number of aliphatic hydroxyl groups is 1. The van der Waals surface area contributed by atoms with E-state index in [1.54, 1.807) is 0 Å². The lowest BCUT2D eigenvalue weighted by molar-refractivity contribution is -0.0979. The summed E-state index contributed by atoms with van der Waals surface area (Å²) >= 11 is 0. The maximum absolute atomic E-state index is 8.00. The topological polar surface area (TPSA) is 76.2 Å². The van der Waals surface area contributed by atoms with Gasteiger partial charge in [-0.1, -0.05) is 6.07 Å². The second-order valence-corrected chi connectivity index (χ2v) is 2.79. The largest absolute Gasteiger partial charge is 0.400 e. The molecule has 0 spiro atoms. The zero-order chi connectivity index (χ0) is 11.0. The van der Waals surface area contributed by atoms with Crippen molar-refractivity contribution in [2.45, 2.75) is 18.8 Å². The van der Waals surface area contributed by atoms with Gasteiger partial charge in [0.2, 0.25) is 0 Å². The van der Waals surface area contributed by atoms with E-state index in [2.05, 4.69) is 11.1 Å². The van der Waals surface area contributed by atoms with Crippen molar-refractivity contribution in [2.75, 3.05) is 12.8 Å². The number of pyridine rings is 1. The van der Waals surface area contributed by atoms with Crippen molar-refractivity contribution in [2.24, 2.45) is 0 Å². The predicted octanol–water partition coefficient (Wildman–Crippen LogP) is 0.965. The van der Waals surface area contributed by atoms with Crippen molar-refractivity contribution < 1.29 is 9.90 Å². The fourth-order valence-electron chi connectivity index (χ4n) is 1.07. The molecule has 4 nitrogen and oxygen atoms in total. The van der Waals surface area contributed by atoms with Crippen LogP contribution in [0.2, 0.25) is 0 Å². The first-order valence-corrected chi connectivity index (χ1v) is 4.31. The lowest BCUT2D eigenvalue weighted by Crippen LogP contribution is -1.89. The van der Waals surface area contributed by atoms with Gasteiger partial charge in [-0.2, -0.15) is 0 Å². The molecule has 3 N–H and O–H groups in total. The van der Waals surface area contributed by atoms with Gasteiger partial charge in [-0.25, -0.2) is 4.98 Å². The van der Waals surface area contributed by atoms with Crippen LogP contribution in [0.3, 0.4) is 0 Å². The maximum Gasteiger partial charge on any atom is 0.123 e. The van der Waals surface area contributed by atoms with E-state index in [1.807, 2.05) is 19.1 Å². The Labute approximate surface area is 83.8 Å². The number of nitrogens with zero attached hydrogens (tertiary/aromatic N) is 1. The molecule has 14 heavy (non-hydrogen) atoms. The molecule has 0 aromatic carbocycles. The number of hydrogen-bond acceptors (Lipinski definition) is 4. The molecule has 1 aliphatic rings. The van der Waals surface area contributed by atoms with Crippen LogP contribution >= 0.6 is 0 Å². The van der Waals surface area contributed by atoms with Crippen molar-refractivity contribution >= 4 is 12.6 Å². The van der Waals surface area contributed by atoms with E-state index in [4.69, 9.17) is 15.6 Å². The molecule has 0 bridgehead atoms. The Balaban J connectivity index is 0.000000379. The van der Waals surface area contributed by atoms with E-state index in [0.717, 1.165) is 13.0 Å². The van der Waals surface area contributed by atoms with Crippen LogP contribution in [0.4, 0.5) is 5.82 Å². The molecule has 1 heterocycles. The van der Waals surface area contributed by atoms with E-state index in [9.17, 15) is 0 Å². The van der Waals surface area contributed by atoms with Crippen LogP contribution in [-0.4, -0.2) is 24.0 Å². The number of aromatic nitrogens is 1. The fourth-order valence-corrected chi connectivity index (χ4v) is 1.07. The molecule has 0 atom stereocenters. The summed E-state index contributed by atoms with van der Waals surface area (Å²) in [5.41, 5.74) is 6.78. The lowest BCUT2D eigenvalue weighted by atomic mass is 10.2. The molecule has 0 saturated heterocycles. The standard InChI is InChI=1S/C8H10N2.CH4O.CH2O/c9-8-4-3-7(5-10-8)6-1-2-6;2*1-2/h3-6H,1-2H2,(H2,9,10);2H,1H3;1H2.